The van der Waals surface area contributed by atoms with Gasteiger partial charge in [0.1, 0.15) is 0 Å². The van der Waals surface area contributed by atoms with E-state index in [1.807, 2.05) is 0 Å². The molecule has 2 aromatic heterocycles. The molecule has 2 heterocycles. The third-order valence-corrected chi connectivity index (χ3v) is 7.39. The maximum atomic E-state index is 13.9. The number of rotatable bonds is 9. The lowest BCUT2D eigenvalue weighted by molar-refractivity contribution is -0.141. The predicted octanol–water partition coefficient (Wildman–Crippen LogP) is 5.46. The highest BCUT2D eigenvalue weighted by Crippen LogP contribution is 2.42. The van der Waals surface area contributed by atoms with Gasteiger partial charge < -0.3 is 14.5 Å². The van der Waals surface area contributed by atoms with Crippen molar-refractivity contribution in [2.75, 3.05) is 6.54 Å². The number of hydrogen-bond acceptors (Lipinski definition) is 3. The molecule has 1 aliphatic rings. The van der Waals surface area contributed by atoms with E-state index in [1.165, 1.54) is 23.0 Å². The average Bonchev–Trinajstić information content (AvgIpc) is 3.59. The first kappa shape index (κ1) is 28.3. The zero-order valence-corrected chi connectivity index (χ0v) is 22.5. The normalized spacial score (nSPS) is 14.3. The van der Waals surface area contributed by atoms with Crippen LogP contribution in [-0.4, -0.2) is 31.4 Å². The first-order valence-electron chi connectivity index (χ1n) is 13.2. The SMILES string of the molecule is CCn1cc(-c2cc(Cn3ccn(C)c3=N)cc(C(=O)NCC(c3ccc(F)c(F)c3)C3CC3)c2)c(C(F)(F)F)n1. The number of halogens is 5. The van der Waals surface area contributed by atoms with E-state index in [-0.39, 0.29) is 53.8 Å². The molecule has 5 rings (SSSR count). The Labute approximate surface area is 232 Å². The fraction of sp³-hybridized carbons (Fsp3) is 0.345. The smallest absolute Gasteiger partial charge is 0.351 e. The molecule has 1 fully saturated rings. The Morgan fingerprint density at radius 3 is 2.49 bits per heavy atom. The Morgan fingerprint density at radius 1 is 1.12 bits per heavy atom. The lowest BCUT2D eigenvalue weighted by Gasteiger charge is -2.18. The first-order valence-corrected chi connectivity index (χ1v) is 13.2. The summed E-state index contributed by atoms with van der Waals surface area (Å²) in [6.07, 6.45) is 1.74. The molecule has 1 unspecified atom stereocenters. The van der Waals surface area contributed by atoms with Gasteiger partial charge in [-0.2, -0.15) is 18.3 Å². The molecule has 41 heavy (non-hydrogen) atoms. The van der Waals surface area contributed by atoms with E-state index in [1.54, 1.807) is 47.6 Å². The largest absolute Gasteiger partial charge is 0.435 e. The molecule has 0 spiro atoms. The van der Waals surface area contributed by atoms with Crippen LogP contribution in [0, 0.1) is 23.0 Å². The second-order valence-electron chi connectivity index (χ2n) is 10.4. The number of alkyl halides is 3. The van der Waals surface area contributed by atoms with Crippen LogP contribution in [-0.2, 0) is 26.3 Å². The number of nitrogens with one attached hydrogen (secondary N) is 2. The number of carbonyl (C=O) groups excluding carboxylic acids is 1. The molecule has 1 aliphatic carbocycles. The van der Waals surface area contributed by atoms with E-state index in [0.29, 0.717) is 11.1 Å². The van der Waals surface area contributed by atoms with Gasteiger partial charge in [0.05, 0.1) is 6.54 Å². The number of nitrogens with zero attached hydrogens (tertiary/aromatic N) is 4. The van der Waals surface area contributed by atoms with Crippen LogP contribution >= 0.6 is 0 Å². The van der Waals surface area contributed by atoms with Crippen molar-refractivity contribution < 1.29 is 26.7 Å². The lowest BCUT2D eigenvalue weighted by Crippen LogP contribution is -2.29. The van der Waals surface area contributed by atoms with Gasteiger partial charge in [-0.15, -0.1) is 0 Å². The van der Waals surface area contributed by atoms with Gasteiger partial charge in [0.15, 0.2) is 17.3 Å². The van der Waals surface area contributed by atoms with Gasteiger partial charge in [-0.25, -0.2) is 8.78 Å². The fourth-order valence-electron chi connectivity index (χ4n) is 5.03. The van der Waals surface area contributed by atoms with Gasteiger partial charge in [0.2, 0.25) is 5.62 Å². The summed E-state index contributed by atoms with van der Waals surface area (Å²) in [6, 6.07) is 8.26. The van der Waals surface area contributed by atoms with Gasteiger partial charge in [-0.05, 0) is 72.7 Å². The Balaban J connectivity index is 1.49. The minimum absolute atomic E-state index is 0.137. The van der Waals surface area contributed by atoms with Crippen molar-refractivity contribution in [1.82, 2.24) is 24.2 Å². The Hall–Kier alpha value is -4.22. The molecule has 2 aromatic carbocycles. The molecule has 0 bridgehead atoms. The lowest BCUT2D eigenvalue weighted by atomic mass is 9.93. The van der Waals surface area contributed by atoms with Crippen molar-refractivity contribution in [2.45, 2.75) is 44.9 Å². The number of imidazole rings is 1. The number of aromatic nitrogens is 4. The van der Waals surface area contributed by atoms with E-state index in [9.17, 15) is 26.7 Å². The molecule has 1 saturated carbocycles. The topological polar surface area (TPSA) is 80.6 Å². The summed E-state index contributed by atoms with van der Waals surface area (Å²) in [7, 11) is 1.70. The summed E-state index contributed by atoms with van der Waals surface area (Å²) in [4.78, 5) is 13.4. The molecule has 7 nitrogen and oxygen atoms in total. The van der Waals surface area contributed by atoms with Crippen LogP contribution in [0.3, 0.4) is 0 Å². The molecule has 2 N–H and O–H groups in total. The number of benzene rings is 2. The summed E-state index contributed by atoms with van der Waals surface area (Å²) in [6.45, 7) is 2.21. The van der Waals surface area contributed by atoms with E-state index < -0.39 is 29.4 Å². The second kappa shape index (κ2) is 11.0. The predicted molar refractivity (Wildman–Crippen MR) is 141 cm³/mol. The highest BCUT2D eigenvalue weighted by atomic mass is 19.4. The van der Waals surface area contributed by atoms with E-state index in [0.717, 1.165) is 25.0 Å². The maximum Gasteiger partial charge on any atom is 0.435 e. The summed E-state index contributed by atoms with van der Waals surface area (Å²) < 4.78 is 73.6. The highest BCUT2D eigenvalue weighted by Gasteiger charge is 2.38. The number of aryl methyl sites for hydroxylation is 2. The monoisotopic (exact) mass is 572 g/mol. The number of carbonyl (C=O) groups is 1. The van der Waals surface area contributed by atoms with Crippen molar-refractivity contribution in [3.05, 3.63) is 94.6 Å². The van der Waals surface area contributed by atoms with Gasteiger partial charge in [0.25, 0.3) is 5.91 Å². The van der Waals surface area contributed by atoms with Crippen LogP contribution in [0.25, 0.3) is 11.1 Å². The van der Waals surface area contributed by atoms with Crippen molar-refractivity contribution in [3.63, 3.8) is 0 Å². The molecule has 4 aromatic rings. The number of amides is 1. The molecule has 12 heteroatoms. The summed E-state index contributed by atoms with van der Waals surface area (Å²) >= 11 is 0. The quantitative estimate of drug-likeness (QED) is 0.261. The molecule has 0 radical (unpaired) electrons. The van der Waals surface area contributed by atoms with E-state index >= 15 is 0 Å². The third kappa shape index (κ3) is 6.10. The molecule has 0 saturated heterocycles. The van der Waals surface area contributed by atoms with Gasteiger partial charge in [-0.3, -0.25) is 14.9 Å². The van der Waals surface area contributed by atoms with Crippen LogP contribution < -0.4 is 10.9 Å². The molecular formula is C29H29F5N6O. The Morgan fingerprint density at radius 2 is 1.88 bits per heavy atom. The minimum Gasteiger partial charge on any atom is -0.351 e. The average molecular weight is 573 g/mol. The highest BCUT2D eigenvalue weighted by molar-refractivity contribution is 5.96. The van der Waals surface area contributed by atoms with Crippen molar-refractivity contribution in [2.24, 2.45) is 13.0 Å². The Bertz CT molecular complexity index is 1650. The molecule has 1 amide bonds. The van der Waals surface area contributed by atoms with Crippen molar-refractivity contribution in [1.29, 1.82) is 5.41 Å². The zero-order valence-electron chi connectivity index (χ0n) is 22.5. The second-order valence-corrected chi connectivity index (χ2v) is 10.4. The molecular weight excluding hydrogens is 543 g/mol. The van der Waals surface area contributed by atoms with E-state index in [2.05, 4.69) is 10.4 Å². The van der Waals surface area contributed by atoms with Crippen LogP contribution in [0.4, 0.5) is 22.0 Å². The van der Waals surface area contributed by atoms with Crippen molar-refractivity contribution >= 4 is 5.91 Å². The standard InChI is InChI=1S/C29H29F5N6O/c1-3-40-16-23(26(37-40)29(32,33)34)20-10-17(15-39-9-8-38(2)28(39)35)11-21(12-20)27(41)36-14-22(18-4-5-18)19-6-7-24(30)25(31)13-19/h6-13,16,18,22,35H,3-5,14-15H2,1-2H3,(H,36,41). The summed E-state index contributed by atoms with van der Waals surface area (Å²) in [5.41, 5.74) is 0.371. The fourth-order valence-corrected chi connectivity index (χ4v) is 5.03. The van der Waals surface area contributed by atoms with Crippen LogP contribution in [0.2, 0.25) is 0 Å². The van der Waals surface area contributed by atoms with Crippen LogP contribution in [0.15, 0.2) is 55.0 Å². The summed E-state index contributed by atoms with van der Waals surface area (Å²) in [5, 5.41) is 14.8. The summed E-state index contributed by atoms with van der Waals surface area (Å²) in [5.74, 6) is -2.45. The van der Waals surface area contributed by atoms with Gasteiger partial charge in [-0.1, -0.05) is 6.07 Å². The molecule has 0 aliphatic heterocycles. The first-order chi connectivity index (χ1) is 19.4. The molecule has 1 atom stereocenters. The number of hydrogen-bond donors (Lipinski definition) is 2. The van der Waals surface area contributed by atoms with Crippen LogP contribution in [0.1, 0.15) is 52.9 Å². The van der Waals surface area contributed by atoms with Gasteiger partial charge in [0, 0.05) is 55.8 Å². The van der Waals surface area contributed by atoms with Gasteiger partial charge >= 0.3 is 6.18 Å². The maximum absolute atomic E-state index is 13.9. The van der Waals surface area contributed by atoms with Crippen molar-refractivity contribution in [3.8, 4) is 11.1 Å². The minimum atomic E-state index is -4.71. The molecule has 216 valence electrons. The third-order valence-electron chi connectivity index (χ3n) is 7.39. The van der Waals surface area contributed by atoms with E-state index in [4.69, 9.17) is 5.41 Å². The van der Waals surface area contributed by atoms with Crippen LogP contribution in [0.5, 0.6) is 0 Å². The Kier molecular flexibility index (Phi) is 7.58. The zero-order chi connectivity index (χ0) is 29.5.